The van der Waals surface area contributed by atoms with Crippen LogP contribution in [0.5, 0.6) is 28.7 Å². The van der Waals surface area contributed by atoms with Crippen molar-refractivity contribution in [2.45, 2.75) is 55.9 Å². The first-order valence-electron chi connectivity index (χ1n) is 18.8. The normalized spacial score (nSPS) is 44.9. The number of fused-ring (bicyclic) bond motifs is 4. The Hall–Kier alpha value is -3.33. The zero-order valence-electron chi connectivity index (χ0n) is 33.5. The number of cyclic esters (lactones) is 1. The Bertz CT molecular complexity index is 1800. The monoisotopic (exact) mass is 600 g/mol. The lowest BCUT2D eigenvalue weighted by Gasteiger charge is -2.47. The average Bonchev–Trinajstić information content (AvgIpc) is 3.43. The van der Waals surface area contributed by atoms with Crippen molar-refractivity contribution in [1.82, 2.24) is 0 Å². The van der Waals surface area contributed by atoms with Crippen LogP contribution in [-0.4, -0.2) is 92.2 Å². The summed E-state index contributed by atoms with van der Waals surface area (Å²) in [5, 5.41) is 33.1. The molecule has 4 heterocycles. The third-order valence-corrected chi connectivity index (χ3v) is 7.90. The molecule has 0 radical (unpaired) electrons. The van der Waals surface area contributed by atoms with Crippen molar-refractivity contribution in [3.05, 3.63) is 41.0 Å². The minimum absolute atomic E-state index is 0.0153. The molecule has 3 saturated heterocycles. The number of ether oxygens (including phenoxy) is 9. The summed E-state index contributed by atoms with van der Waals surface area (Å²) in [6.45, 7) is -6.85. The summed E-state index contributed by atoms with van der Waals surface area (Å²) in [5.74, 6) is -9.14. The van der Waals surface area contributed by atoms with Gasteiger partial charge in [-0.15, -0.1) is 0 Å². The maximum Gasteiger partial charge on any atom is 0.310 e. The first-order valence-corrected chi connectivity index (χ1v) is 12.8. The van der Waals surface area contributed by atoms with Crippen molar-refractivity contribution >= 4 is 5.97 Å². The summed E-state index contributed by atoms with van der Waals surface area (Å²) in [7, 11) is -6.40. The van der Waals surface area contributed by atoms with Crippen molar-refractivity contribution in [3.8, 4) is 28.7 Å². The van der Waals surface area contributed by atoms with E-state index < -0.39 is 118 Å². The van der Waals surface area contributed by atoms with Crippen LogP contribution < -0.4 is 18.9 Å². The molecule has 1 aliphatic carbocycles. The van der Waals surface area contributed by atoms with Gasteiger partial charge in [0.2, 0.25) is 12.5 Å². The molecule has 2 aromatic carbocycles. The number of esters is 1. The number of hydrogen-bond donors (Lipinski definition) is 3. The summed E-state index contributed by atoms with van der Waals surface area (Å²) in [6.07, 6.45) is -11.8. The lowest BCUT2D eigenvalue weighted by molar-refractivity contribution is -0.364. The summed E-state index contributed by atoms with van der Waals surface area (Å²) in [6, 6.07) is 4.32. The number of phenolic OH excluding ortho intramolecular Hbond substituents is 1. The standard InChI is InChI=1S/C29H32O13/c1-11-36-9-20-27(40-11)24(31)25(32)29(41-20)42-26-14-7-17-16(38-10-39-17)6-13(14)21(22-15(26)8-37-28(22)33)12-4-18(34-2)23(30)19(5-12)35-3/h4-7,11,15,20-22,24-27,29-32H,8-10H2,1-3H3/t11-,15+,20-,21-,22+,24-,25-,26-,27-,29+/m1/s1/i2D3,3D3,8D2,9D2,10D2. The molecule has 10 atom stereocenters. The molecule has 4 aliphatic heterocycles. The Morgan fingerprint density at radius 3 is 2.38 bits per heavy atom. The fraction of sp³-hybridized carbons (Fsp3) is 0.552. The van der Waals surface area contributed by atoms with E-state index in [4.69, 9.17) is 59.1 Å². The van der Waals surface area contributed by atoms with Crippen LogP contribution in [0.1, 0.15) is 52.1 Å². The molecule has 13 nitrogen and oxygen atoms in total. The molecule has 0 aromatic heterocycles. The van der Waals surface area contributed by atoms with Gasteiger partial charge in [0.15, 0.2) is 35.6 Å². The van der Waals surface area contributed by atoms with Gasteiger partial charge in [0, 0.05) is 11.8 Å². The molecule has 0 amide bonds. The zero-order chi connectivity index (χ0) is 39.7. The van der Waals surface area contributed by atoms with Gasteiger partial charge in [-0.2, -0.15) is 0 Å². The van der Waals surface area contributed by atoms with Crippen molar-refractivity contribution in [1.29, 1.82) is 0 Å². The predicted octanol–water partition coefficient (Wildman–Crippen LogP) is 1.34. The van der Waals surface area contributed by atoms with Crippen molar-refractivity contribution in [2.24, 2.45) is 11.8 Å². The second kappa shape index (κ2) is 10.4. The molecule has 2 aromatic rings. The van der Waals surface area contributed by atoms with Crippen LogP contribution in [0.4, 0.5) is 0 Å². The summed E-state index contributed by atoms with van der Waals surface area (Å²) in [5.41, 5.74) is -0.268. The van der Waals surface area contributed by atoms with E-state index in [9.17, 15) is 20.1 Å². The first-order chi connectivity index (χ1) is 24.8. The highest BCUT2D eigenvalue weighted by Gasteiger charge is 2.56. The minimum Gasteiger partial charge on any atom is -0.502 e. The second-order valence-corrected chi connectivity index (χ2v) is 10.2. The number of aliphatic hydroxyl groups excluding tert-OH is 2. The third-order valence-electron chi connectivity index (χ3n) is 7.90. The zero-order valence-corrected chi connectivity index (χ0v) is 21.5. The van der Waals surface area contributed by atoms with E-state index >= 15 is 0 Å². The Morgan fingerprint density at radius 2 is 1.67 bits per heavy atom. The van der Waals surface area contributed by atoms with Gasteiger partial charge >= 0.3 is 5.97 Å². The van der Waals surface area contributed by atoms with Crippen LogP contribution in [0, 0.1) is 11.8 Å². The molecule has 0 unspecified atom stereocenters. The molecule has 42 heavy (non-hydrogen) atoms. The summed E-state index contributed by atoms with van der Waals surface area (Å²) in [4.78, 5) is 13.8. The second-order valence-electron chi connectivity index (χ2n) is 10.2. The van der Waals surface area contributed by atoms with E-state index in [2.05, 4.69) is 0 Å². The number of methoxy groups -OCH3 is 2. The van der Waals surface area contributed by atoms with E-state index in [0.717, 1.165) is 12.1 Å². The highest BCUT2D eigenvalue weighted by Crippen LogP contribution is 2.57. The molecule has 3 N–H and O–H groups in total. The quantitative estimate of drug-likeness (QED) is 0.422. The number of carbonyl (C=O) groups is 1. The van der Waals surface area contributed by atoms with E-state index in [0.29, 0.717) is 0 Å². The van der Waals surface area contributed by atoms with E-state index in [1.165, 1.54) is 19.1 Å². The lowest BCUT2D eigenvalue weighted by Crippen LogP contribution is -2.63. The molecule has 0 spiro atoms. The maximum absolute atomic E-state index is 13.8. The molecule has 3 fully saturated rings. The van der Waals surface area contributed by atoms with Crippen LogP contribution in [0.25, 0.3) is 0 Å². The Balaban J connectivity index is 1.41. The number of aromatic hydroxyl groups is 1. The van der Waals surface area contributed by atoms with E-state index in [1.807, 2.05) is 0 Å². The smallest absolute Gasteiger partial charge is 0.310 e. The Labute approximate surface area is 257 Å². The van der Waals surface area contributed by atoms with Gasteiger partial charge in [-0.05, 0) is 47.9 Å². The van der Waals surface area contributed by atoms with Gasteiger partial charge in [-0.25, -0.2) is 0 Å². The highest BCUT2D eigenvalue weighted by molar-refractivity contribution is 5.79. The fourth-order valence-electron chi connectivity index (χ4n) is 6.01. The summed E-state index contributed by atoms with van der Waals surface area (Å²) < 4.78 is 144. The average molecular weight is 601 g/mol. The van der Waals surface area contributed by atoms with Gasteiger partial charge < -0.3 is 58.0 Å². The van der Waals surface area contributed by atoms with Gasteiger partial charge in [0.1, 0.15) is 27.2 Å². The summed E-state index contributed by atoms with van der Waals surface area (Å²) >= 11 is 0. The van der Waals surface area contributed by atoms with Gasteiger partial charge in [0.05, 0.1) is 52.9 Å². The van der Waals surface area contributed by atoms with Gasteiger partial charge in [-0.1, -0.05) is 0 Å². The lowest BCUT2D eigenvalue weighted by atomic mass is 9.66. The third kappa shape index (κ3) is 4.26. The molecule has 7 rings (SSSR count). The van der Waals surface area contributed by atoms with Crippen LogP contribution >= 0.6 is 0 Å². The van der Waals surface area contributed by atoms with E-state index in [-0.39, 0.29) is 28.2 Å². The van der Waals surface area contributed by atoms with Crippen LogP contribution in [0.2, 0.25) is 0 Å². The molecular weight excluding hydrogens is 556 g/mol. The highest BCUT2D eigenvalue weighted by atomic mass is 16.8. The predicted molar refractivity (Wildman–Crippen MR) is 138 cm³/mol. The largest absolute Gasteiger partial charge is 0.502 e. The number of hydrogen-bond acceptors (Lipinski definition) is 13. The molecule has 5 aliphatic rings. The number of aliphatic hydroxyl groups is 2. The van der Waals surface area contributed by atoms with Gasteiger partial charge in [-0.3, -0.25) is 4.79 Å². The Kier molecular flexibility index (Phi) is 4.25. The maximum atomic E-state index is 13.8. The molecule has 0 bridgehead atoms. The van der Waals surface area contributed by atoms with Crippen LogP contribution in [0.15, 0.2) is 24.3 Å². The molecular formula is C29H32O13. The number of rotatable bonds is 5. The SMILES string of the molecule is [2H]C([2H])([2H])Oc1cc([C@@H]2c3cc4c(cc3[C@@H](O[C@@H]3O[C@H]5[C@@H](O[C@H](C)OC5([2H])[2H])[C@H](O)[C@H]3O)[C@@H]3[C@@H]2C(=O)OC3([2H])[2H])OC([2H])([2H])O4)cc(OC([2H])([2H])[2H])c1O. The minimum atomic E-state index is -3.20. The van der Waals surface area contributed by atoms with Crippen molar-refractivity contribution < 1.29 is 79.2 Å². The van der Waals surface area contributed by atoms with E-state index in [1.54, 1.807) is 0 Å². The first kappa shape index (κ1) is 17.1. The van der Waals surface area contributed by atoms with Crippen LogP contribution in [-0.2, 0) is 28.5 Å². The number of carbonyl (C=O) groups excluding carboxylic acids is 1. The molecule has 226 valence electrons. The number of benzene rings is 2. The molecule has 13 heteroatoms. The van der Waals surface area contributed by atoms with Gasteiger partial charge in [0.25, 0.3) is 0 Å². The fourth-order valence-corrected chi connectivity index (χ4v) is 6.01. The topological polar surface area (TPSA) is 161 Å². The van der Waals surface area contributed by atoms with Crippen molar-refractivity contribution in [3.63, 3.8) is 0 Å². The Morgan fingerprint density at radius 1 is 0.952 bits per heavy atom. The number of phenols is 1. The van der Waals surface area contributed by atoms with Crippen molar-refractivity contribution in [2.75, 3.05) is 33.9 Å². The molecule has 0 saturated carbocycles. The van der Waals surface area contributed by atoms with Crippen LogP contribution in [0.3, 0.4) is 0 Å².